The molecule has 0 aromatic rings. The SMILES string of the molecule is CCSCCC1(N)CCCCC1. The molecule has 1 aliphatic rings. The van der Waals surface area contributed by atoms with Crippen LogP contribution in [0.5, 0.6) is 0 Å². The van der Waals surface area contributed by atoms with Gasteiger partial charge in [0.1, 0.15) is 0 Å². The maximum Gasteiger partial charge on any atom is 0.0162 e. The van der Waals surface area contributed by atoms with Gasteiger partial charge < -0.3 is 5.73 Å². The fraction of sp³-hybridized carbons (Fsp3) is 1.00. The normalized spacial score (nSPS) is 22.5. The first-order chi connectivity index (χ1) is 5.77. The summed E-state index contributed by atoms with van der Waals surface area (Å²) in [6.45, 7) is 2.22. The molecule has 0 amide bonds. The molecule has 1 nitrogen and oxygen atoms in total. The van der Waals surface area contributed by atoms with Gasteiger partial charge in [0.05, 0.1) is 0 Å². The van der Waals surface area contributed by atoms with E-state index in [1.165, 1.54) is 50.0 Å². The van der Waals surface area contributed by atoms with Crippen LogP contribution in [0.25, 0.3) is 0 Å². The first-order valence-corrected chi connectivity index (χ1v) is 6.29. The Morgan fingerprint density at radius 1 is 1.25 bits per heavy atom. The Morgan fingerprint density at radius 2 is 1.92 bits per heavy atom. The van der Waals surface area contributed by atoms with Gasteiger partial charge in [-0.2, -0.15) is 11.8 Å². The van der Waals surface area contributed by atoms with Crippen molar-refractivity contribution >= 4 is 11.8 Å². The van der Waals surface area contributed by atoms with Crippen molar-refractivity contribution < 1.29 is 0 Å². The maximum atomic E-state index is 6.29. The second kappa shape index (κ2) is 5.13. The van der Waals surface area contributed by atoms with Gasteiger partial charge in [0.15, 0.2) is 0 Å². The summed E-state index contributed by atoms with van der Waals surface area (Å²) < 4.78 is 0. The predicted octanol–water partition coefficient (Wildman–Crippen LogP) is 2.79. The van der Waals surface area contributed by atoms with Gasteiger partial charge in [-0.1, -0.05) is 26.2 Å². The molecule has 0 aromatic heterocycles. The first-order valence-electron chi connectivity index (χ1n) is 5.13. The molecule has 1 aliphatic carbocycles. The molecule has 1 saturated carbocycles. The molecule has 0 aromatic carbocycles. The van der Waals surface area contributed by atoms with Crippen LogP contribution >= 0.6 is 11.8 Å². The van der Waals surface area contributed by atoms with E-state index in [1.807, 2.05) is 11.8 Å². The van der Waals surface area contributed by atoms with Gasteiger partial charge in [0.2, 0.25) is 0 Å². The van der Waals surface area contributed by atoms with E-state index < -0.39 is 0 Å². The molecule has 2 N–H and O–H groups in total. The van der Waals surface area contributed by atoms with Crippen molar-refractivity contribution in [2.75, 3.05) is 11.5 Å². The van der Waals surface area contributed by atoms with Gasteiger partial charge in [-0.05, 0) is 30.8 Å². The molecule has 0 atom stereocenters. The number of rotatable bonds is 4. The molecule has 0 spiro atoms. The zero-order chi connectivity index (χ0) is 8.86. The van der Waals surface area contributed by atoms with Crippen LogP contribution in [-0.4, -0.2) is 17.0 Å². The number of thioether (sulfide) groups is 1. The monoisotopic (exact) mass is 187 g/mol. The summed E-state index contributed by atoms with van der Waals surface area (Å²) in [5.74, 6) is 2.49. The van der Waals surface area contributed by atoms with Crippen molar-refractivity contribution in [1.29, 1.82) is 0 Å². The summed E-state index contributed by atoms with van der Waals surface area (Å²) in [5.41, 5.74) is 6.50. The molecule has 0 bridgehead atoms. The Morgan fingerprint density at radius 3 is 2.50 bits per heavy atom. The third kappa shape index (κ3) is 3.36. The minimum atomic E-state index is 0.209. The predicted molar refractivity (Wildman–Crippen MR) is 57.6 cm³/mol. The third-order valence-corrected chi connectivity index (χ3v) is 3.70. The minimum Gasteiger partial charge on any atom is -0.325 e. The van der Waals surface area contributed by atoms with Gasteiger partial charge in [0, 0.05) is 5.54 Å². The van der Waals surface area contributed by atoms with Crippen LogP contribution in [0, 0.1) is 0 Å². The molecule has 1 rings (SSSR count). The fourth-order valence-corrected chi connectivity index (χ4v) is 2.77. The number of hydrogen-bond donors (Lipinski definition) is 1. The Bertz CT molecular complexity index is 119. The molecule has 1 fully saturated rings. The van der Waals surface area contributed by atoms with E-state index in [4.69, 9.17) is 5.73 Å². The quantitative estimate of drug-likeness (QED) is 0.685. The maximum absolute atomic E-state index is 6.29. The Labute approximate surface area is 80.5 Å². The molecule has 0 unspecified atom stereocenters. The number of hydrogen-bond acceptors (Lipinski definition) is 2. The molecule has 2 heteroatoms. The Hall–Kier alpha value is 0.310. The summed E-state index contributed by atoms with van der Waals surface area (Å²) in [5, 5.41) is 0. The van der Waals surface area contributed by atoms with Crippen LogP contribution in [-0.2, 0) is 0 Å². The first kappa shape index (κ1) is 10.4. The molecular weight excluding hydrogens is 166 g/mol. The van der Waals surface area contributed by atoms with Gasteiger partial charge >= 0.3 is 0 Å². The highest BCUT2D eigenvalue weighted by atomic mass is 32.2. The molecule has 0 saturated heterocycles. The Balaban J connectivity index is 2.17. The molecular formula is C10H21NS. The molecule has 72 valence electrons. The molecule has 0 radical (unpaired) electrons. The van der Waals surface area contributed by atoms with Crippen molar-refractivity contribution in [1.82, 2.24) is 0 Å². The Kier molecular flexibility index (Phi) is 4.44. The van der Waals surface area contributed by atoms with Crippen molar-refractivity contribution in [3.63, 3.8) is 0 Å². The smallest absolute Gasteiger partial charge is 0.0162 e. The summed E-state index contributed by atoms with van der Waals surface area (Å²) in [7, 11) is 0. The lowest BCUT2D eigenvalue weighted by Gasteiger charge is -2.33. The zero-order valence-corrected chi connectivity index (χ0v) is 8.96. The average molecular weight is 187 g/mol. The summed E-state index contributed by atoms with van der Waals surface area (Å²) in [4.78, 5) is 0. The second-order valence-electron chi connectivity index (χ2n) is 3.87. The van der Waals surface area contributed by atoms with Gasteiger partial charge in [-0.25, -0.2) is 0 Å². The van der Waals surface area contributed by atoms with E-state index in [1.54, 1.807) is 0 Å². The topological polar surface area (TPSA) is 26.0 Å². The average Bonchev–Trinajstić information content (AvgIpc) is 2.06. The molecule has 0 aliphatic heterocycles. The van der Waals surface area contributed by atoms with Crippen molar-refractivity contribution in [2.24, 2.45) is 5.73 Å². The molecule has 12 heavy (non-hydrogen) atoms. The summed E-state index contributed by atoms with van der Waals surface area (Å²) in [6.07, 6.45) is 7.86. The van der Waals surface area contributed by atoms with E-state index >= 15 is 0 Å². The van der Waals surface area contributed by atoms with Crippen molar-refractivity contribution in [3.05, 3.63) is 0 Å². The van der Waals surface area contributed by atoms with E-state index in [0.29, 0.717) is 0 Å². The highest BCUT2D eigenvalue weighted by Crippen LogP contribution is 2.29. The standard InChI is InChI=1S/C10H21NS/c1-2-12-9-8-10(11)6-4-3-5-7-10/h2-9,11H2,1H3. The number of nitrogens with two attached hydrogens (primary N) is 1. The lowest BCUT2D eigenvalue weighted by molar-refractivity contribution is 0.289. The highest BCUT2D eigenvalue weighted by molar-refractivity contribution is 7.99. The van der Waals surface area contributed by atoms with E-state index in [0.717, 1.165) is 0 Å². The van der Waals surface area contributed by atoms with E-state index in [-0.39, 0.29) is 5.54 Å². The van der Waals surface area contributed by atoms with Gasteiger partial charge in [-0.15, -0.1) is 0 Å². The second-order valence-corrected chi connectivity index (χ2v) is 5.26. The van der Waals surface area contributed by atoms with Crippen LogP contribution < -0.4 is 5.73 Å². The van der Waals surface area contributed by atoms with Gasteiger partial charge in [0.25, 0.3) is 0 Å². The summed E-state index contributed by atoms with van der Waals surface area (Å²) >= 11 is 2.02. The van der Waals surface area contributed by atoms with Gasteiger partial charge in [-0.3, -0.25) is 0 Å². The van der Waals surface area contributed by atoms with Crippen molar-refractivity contribution in [3.8, 4) is 0 Å². The molecule has 0 heterocycles. The zero-order valence-electron chi connectivity index (χ0n) is 8.14. The fourth-order valence-electron chi connectivity index (χ4n) is 1.93. The van der Waals surface area contributed by atoms with Crippen LogP contribution in [0.3, 0.4) is 0 Å². The lowest BCUT2D eigenvalue weighted by atomic mass is 9.81. The highest BCUT2D eigenvalue weighted by Gasteiger charge is 2.26. The van der Waals surface area contributed by atoms with Crippen molar-refractivity contribution in [2.45, 2.75) is 51.0 Å². The van der Waals surface area contributed by atoms with Crippen LogP contribution in [0.4, 0.5) is 0 Å². The minimum absolute atomic E-state index is 0.209. The largest absolute Gasteiger partial charge is 0.325 e. The van der Waals surface area contributed by atoms with Crippen LogP contribution in [0.15, 0.2) is 0 Å². The van der Waals surface area contributed by atoms with Crippen LogP contribution in [0.1, 0.15) is 45.4 Å². The lowest BCUT2D eigenvalue weighted by Crippen LogP contribution is -2.42. The summed E-state index contributed by atoms with van der Waals surface area (Å²) in [6, 6.07) is 0. The van der Waals surface area contributed by atoms with E-state index in [2.05, 4.69) is 6.92 Å². The third-order valence-electron chi connectivity index (χ3n) is 2.80. The van der Waals surface area contributed by atoms with E-state index in [9.17, 15) is 0 Å². The van der Waals surface area contributed by atoms with Crippen LogP contribution in [0.2, 0.25) is 0 Å².